The van der Waals surface area contributed by atoms with E-state index in [-0.39, 0.29) is 24.3 Å². The van der Waals surface area contributed by atoms with Gasteiger partial charge in [0.05, 0.1) is 12.6 Å². The number of nitrogens with zero attached hydrogens (tertiary/aromatic N) is 1. The predicted octanol–water partition coefficient (Wildman–Crippen LogP) is 1.00. The summed E-state index contributed by atoms with van der Waals surface area (Å²) >= 11 is 3.11. The number of nitrogens with one attached hydrogen (secondary N) is 1. The summed E-state index contributed by atoms with van der Waals surface area (Å²) in [4.78, 5) is 25.1. The molecule has 0 spiro atoms. The van der Waals surface area contributed by atoms with E-state index >= 15 is 0 Å². The smallest absolute Gasteiger partial charge is 0.287 e. The largest absolute Gasteiger partial charge is 0.444 e. The molecule has 1 saturated carbocycles. The van der Waals surface area contributed by atoms with Crippen molar-refractivity contribution in [3.63, 3.8) is 0 Å². The van der Waals surface area contributed by atoms with Crippen LogP contribution in [0.3, 0.4) is 0 Å². The summed E-state index contributed by atoms with van der Waals surface area (Å²) in [5.74, 6) is -0.0630. The standard InChI is InChI=1S/C13H17BrN2O4/c1-16(7-8-4-9(17)5-8)12(18)6-15-13(19)10-2-3-11(14)20-10/h2-3,8-9,17H,4-7H2,1H3,(H,15,19). The Morgan fingerprint density at radius 2 is 2.20 bits per heavy atom. The van der Waals surface area contributed by atoms with Gasteiger partial charge < -0.3 is 19.7 Å². The molecular formula is C13H17BrN2O4. The van der Waals surface area contributed by atoms with E-state index in [1.54, 1.807) is 18.0 Å². The first-order valence-electron chi connectivity index (χ1n) is 6.41. The van der Waals surface area contributed by atoms with Crippen molar-refractivity contribution >= 4 is 27.7 Å². The quantitative estimate of drug-likeness (QED) is 0.834. The minimum absolute atomic E-state index is 0.0665. The van der Waals surface area contributed by atoms with Gasteiger partial charge in [0.1, 0.15) is 0 Å². The number of carbonyl (C=O) groups excluding carboxylic acids is 2. The summed E-state index contributed by atoms with van der Waals surface area (Å²) in [6.07, 6.45) is 1.26. The van der Waals surface area contributed by atoms with Gasteiger partial charge in [0.25, 0.3) is 5.91 Å². The summed E-state index contributed by atoms with van der Waals surface area (Å²) in [6, 6.07) is 3.15. The van der Waals surface area contributed by atoms with Crippen molar-refractivity contribution in [2.45, 2.75) is 18.9 Å². The third kappa shape index (κ3) is 3.83. The van der Waals surface area contributed by atoms with Gasteiger partial charge in [-0.3, -0.25) is 9.59 Å². The first kappa shape index (κ1) is 15.1. The number of aliphatic hydroxyl groups is 1. The molecule has 0 aliphatic heterocycles. The molecule has 1 fully saturated rings. The van der Waals surface area contributed by atoms with Crippen LogP contribution in [0, 0.1) is 5.92 Å². The monoisotopic (exact) mass is 344 g/mol. The maximum Gasteiger partial charge on any atom is 0.287 e. The fourth-order valence-electron chi connectivity index (χ4n) is 2.15. The van der Waals surface area contributed by atoms with Crippen LogP contribution in [0.4, 0.5) is 0 Å². The van der Waals surface area contributed by atoms with Gasteiger partial charge in [0.2, 0.25) is 5.91 Å². The van der Waals surface area contributed by atoms with Crippen molar-refractivity contribution < 1.29 is 19.1 Å². The minimum atomic E-state index is -0.420. The molecule has 1 aromatic rings. The Morgan fingerprint density at radius 3 is 2.75 bits per heavy atom. The molecule has 6 nitrogen and oxygen atoms in total. The molecule has 0 atom stereocenters. The lowest BCUT2D eigenvalue weighted by molar-refractivity contribution is -0.130. The molecule has 2 N–H and O–H groups in total. The van der Waals surface area contributed by atoms with E-state index in [0.717, 1.165) is 12.8 Å². The van der Waals surface area contributed by atoms with E-state index in [1.807, 2.05) is 0 Å². The van der Waals surface area contributed by atoms with Crippen LogP contribution in [0.25, 0.3) is 0 Å². The van der Waals surface area contributed by atoms with Gasteiger partial charge in [0.15, 0.2) is 10.4 Å². The fourth-order valence-corrected chi connectivity index (χ4v) is 2.46. The minimum Gasteiger partial charge on any atom is -0.444 e. The van der Waals surface area contributed by atoms with Gasteiger partial charge in [0, 0.05) is 13.6 Å². The SMILES string of the molecule is CN(CC1CC(O)C1)C(=O)CNC(=O)c1ccc(Br)o1. The highest BCUT2D eigenvalue weighted by Crippen LogP contribution is 2.27. The summed E-state index contributed by atoms with van der Waals surface area (Å²) in [7, 11) is 1.70. The van der Waals surface area contributed by atoms with Crippen molar-refractivity contribution in [1.29, 1.82) is 0 Å². The summed E-state index contributed by atoms with van der Waals surface area (Å²) < 4.78 is 5.56. The maximum absolute atomic E-state index is 11.8. The molecule has 1 aliphatic rings. The van der Waals surface area contributed by atoms with Crippen LogP contribution < -0.4 is 5.32 Å². The number of rotatable bonds is 5. The second kappa shape index (κ2) is 6.41. The third-order valence-corrected chi connectivity index (χ3v) is 3.79. The summed E-state index contributed by atoms with van der Waals surface area (Å²) in [5.41, 5.74) is 0. The Morgan fingerprint density at radius 1 is 1.50 bits per heavy atom. The van der Waals surface area contributed by atoms with E-state index < -0.39 is 5.91 Å². The number of aliphatic hydroxyl groups excluding tert-OH is 1. The molecule has 20 heavy (non-hydrogen) atoms. The predicted molar refractivity (Wildman–Crippen MR) is 75.1 cm³/mol. The summed E-state index contributed by atoms with van der Waals surface area (Å²) in [5, 5.41) is 11.7. The first-order valence-corrected chi connectivity index (χ1v) is 7.20. The van der Waals surface area contributed by atoms with Gasteiger partial charge in [-0.1, -0.05) is 0 Å². The number of carbonyl (C=O) groups is 2. The van der Waals surface area contributed by atoms with Crippen LogP contribution >= 0.6 is 15.9 Å². The first-order chi connectivity index (χ1) is 9.45. The van der Waals surface area contributed by atoms with Crippen LogP contribution in [0.2, 0.25) is 0 Å². The number of amides is 2. The van der Waals surface area contributed by atoms with Gasteiger partial charge in [-0.2, -0.15) is 0 Å². The lowest BCUT2D eigenvalue weighted by Crippen LogP contribution is -2.43. The van der Waals surface area contributed by atoms with Gasteiger partial charge >= 0.3 is 0 Å². The van der Waals surface area contributed by atoms with Crippen LogP contribution in [0.5, 0.6) is 0 Å². The maximum atomic E-state index is 11.8. The Hall–Kier alpha value is -1.34. The molecule has 110 valence electrons. The lowest BCUT2D eigenvalue weighted by atomic mass is 9.82. The Kier molecular flexibility index (Phi) is 4.82. The Bertz CT molecular complexity index is 496. The zero-order valence-electron chi connectivity index (χ0n) is 11.1. The van der Waals surface area contributed by atoms with Crippen LogP contribution in [-0.2, 0) is 4.79 Å². The number of furan rings is 1. The fraction of sp³-hybridized carbons (Fsp3) is 0.538. The molecule has 1 aliphatic carbocycles. The summed E-state index contributed by atoms with van der Waals surface area (Å²) in [6.45, 7) is 0.543. The zero-order valence-corrected chi connectivity index (χ0v) is 12.7. The van der Waals surface area contributed by atoms with Crippen molar-refractivity contribution in [3.05, 3.63) is 22.6 Å². The number of hydrogen-bond acceptors (Lipinski definition) is 4. The van der Waals surface area contributed by atoms with Gasteiger partial charge in [-0.05, 0) is 46.8 Å². The molecule has 0 bridgehead atoms. The topological polar surface area (TPSA) is 82.8 Å². The molecule has 7 heteroatoms. The van der Waals surface area contributed by atoms with Gasteiger partial charge in [-0.25, -0.2) is 0 Å². The number of likely N-dealkylation sites (N-methyl/N-ethyl adjacent to an activating group) is 1. The molecule has 0 saturated heterocycles. The van der Waals surface area contributed by atoms with E-state index in [4.69, 9.17) is 4.42 Å². The molecule has 0 unspecified atom stereocenters. The average Bonchev–Trinajstić information content (AvgIpc) is 2.80. The molecule has 1 aromatic heterocycles. The van der Waals surface area contributed by atoms with Crippen LogP contribution in [-0.4, -0.2) is 48.1 Å². The van der Waals surface area contributed by atoms with E-state index in [1.165, 1.54) is 6.07 Å². The second-order valence-electron chi connectivity index (χ2n) is 5.05. The van der Waals surface area contributed by atoms with Crippen molar-refractivity contribution in [1.82, 2.24) is 10.2 Å². The number of halogens is 1. The van der Waals surface area contributed by atoms with E-state index in [2.05, 4.69) is 21.2 Å². The third-order valence-electron chi connectivity index (χ3n) is 3.37. The van der Waals surface area contributed by atoms with Gasteiger partial charge in [-0.15, -0.1) is 0 Å². The molecule has 0 radical (unpaired) electrons. The molecule has 0 aromatic carbocycles. The van der Waals surface area contributed by atoms with Crippen molar-refractivity contribution in [3.8, 4) is 0 Å². The Balaban J connectivity index is 1.72. The molecule has 2 rings (SSSR count). The molecular weight excluding hydrogens is 328 g/mol. The lowest BCUT2D eigenvalue weighted by Gasteiger charge is -2.34. The Labute approximate surface area is 125 Å². The van der Waals surface area contributed by atoms with E-state index in [0.29, 0.717) is 17.1 Å². The highest BCUT2D eigenvalue weighted by atomic mass is 79.9. The normalized spacial score (nSPS) is 21.1. The number of hydrogen-bond donors (Lipinski definition) is 2. The van der Waals surface area contributed by atoms with Crippen LogP contribution in [0.1, 0.15) is 23.4 Å². The van der Waals surface area contributed by atoms with E-state index in [9.17, 15) is 14.7 Å². The molecule has 2 amide bonds. The van der Waals surface area contributed by atoms with Crippen LogP contribution in [0.15, 0.2) is 21.2 Å². The zero-order chi connectivity index (χ0) is 14.7. The van der Waals surface area contributed by atoms with Crippen molar-refractivity contribution in [2.24, 2.45) is 5.92 Å². The second-order valence-corrected chi connectivity index (χ2v) is 5.83. The molecule has 1 heterocycles. The highest BCUT2D eigenvalue weighted by Gasteiger charge is 2.29. The highest BCUT2D eigenvalue weighted by molar-refractivity contribution is 9.10. The van der Waals surface area contributed by atoms with Crippen molar-refractivity contribution in [2.75, 3.05) is 20.1 Å². The average molecular weight is 345 g/mol.